The van der Waals surface area contributed by atoms with E-state index in [1.54, 1.807) is 24.3 Å². The molecule has 4 aromatic carbocycles. The third kappa shape index (κ3) is 6.67. The second-order valence-corrected chi connectivity index (χ2v) is 10.3. The summed E-state index contributed by atoms with van der Waals surface area (Å²) in [5.41, 5.74) is 5.86. The summed E-state index contributed by atoms with van der Waals surface area (Å²) >= 11 is 0. The van der Waals surface area contributed by atoms with E-state index in [1.165, 1.54) is 18.0 Å². The highest BCUT2D eigenvalue weighted by Crippen LogP contribution is 2.44. The van der Waals surface area contributed by atoms with Gasteiger partial charge < -0.3 is 19.5 Å². The van der Waals surface area contributed by atoms with Gasteiger partial charge in [0.1, 0.15) is 18.4 Å². The molecular formula is C34H29N4O7+. The fourth-order valence-electron chi connectivity index (χ4n) is 5.28. The van der Waals surface area contributed by atoms with Gasteiger partial charge in [0.25, 0.3) is 6.20 Å². The Balaban J connectivity index is 1.03. The fraction of sp³-hybridized carbons (Fsp3) is 0.147. The van der Waals surface area contributed by atoms with E-state index in [4.69, 9.17) is 18.7 Å². The molecule has 1 aliphatic carbocycles. The third-order valence-electron chi connectivity index (χ3n) is 7.41. The number of hydrogen-bond donors (Lipinski definition) is 2. The van der Waals surface area contributed by atoms with Crippen molar-refractivity contribution in [2.45, 2.75) is 18.4 Å². The summed E-state index contributed by atoms with van der Waals surface area (Å²) in [6.45, 7) is 0.113. The van der Waals surface area contributed by atoms with Crippen molar-refractivity contribution in [3.63, 3.8) is 0 Å². The first-order chi connectivity index (χ1) is 22.0. The molecule has 1 heterocycles. The zero-order chi connectivity index (χ0) is 31.2. The van der Waals surface area contributed by atoms with Crippen molar-refractivity contribution < 1.29 is 37.8 Å². The highest BCUT2D eigenvalue weighted by atomic mass is 16.6. The van der Waals surface area contributed by atoms with Gasteiger partial charge in [0, 0.05) is 24.5 Å². The summed E-state index contributed by atoms with van der Waals surface area (Å²) in [4.78, 5) is 37.7. The Labute approximate surface area is 258 Å². The van der Waals surface area contributed by atoms with E-state index in [9.17, 15) is 14.4 Å². The maximum atomic E-state index is 12.8. The van der Waals surface area contributed by atoms with Crippen LogP contribution in [0.5, 0.6) is 5.75 Å². The van der Waals surface area contributed by atoms with Crippen molar-refractivity contribution >= 4 is 24.0 Å². The second kappa shape index (κ2) is 13.1. The van der Waals surface area contributed by atoms with Crippen molar-refractivity contribution in [3.05, 3.63) is 126 Å². The number of alkyl carbamates (subject to hydrolysis) is 1. The molecule has 1 atom stereocenters. The maximum absolute atomic E-state index is 12.8. The number of aromatic nitrogens is 2. The van der Waals surface area contributed by atoms with E-state index in [0.717, 1.165) is 27.9 Å². The minimum Gasteiger partial charge on any atom is -0.467 e. The van der Waals surface area contributed by atoms with E-state index < -0.39 is 24.2 Å². The lowest BCUT2D eigenvalue weighted by Gasteiger charge is -2.18. The number of methoxy groups -OCH3 is 1. The van der Waals surface area contributed by atoms with Crippen molar-refractivity contribution in [2.24, 2.45) is 0 Å². The quantitative estimate of drug-likeness (QED) is 0.173. The van der Waals surface area contributed by atoms with Crippen molar-refractivity contribution in [3.8, 4) is 22.6 Å². The molecule has 5 aromatic rings. The van der Waals surface area contributed by atoms with Crippen LogP contribution in [0, 0.1) is 0 Å². The van der Waals surface area contributed by atoms with Crippen LogP contribution in [-0.2, 0) is 20.7 Å². The molecular weight excluding hydrogens is 576 g/mol. The molecule has 6 rings (SSSR count). The lowest BCUT2D eigenvalue weighted by atomic mass is 9.98. The summed E-state index contributed by atoms with van der Waals surface area (Å²) < 4.78 is 22.5. The molecule has 2 amide bonds. The summed E-state index contributed by atoms with van der Waals surface area (Å²) in [6.07, 6.45) is 0.130. The van der Waals surface area contributed by atoms with Gasteiger partial charge in [-0.15, -0.1) is 0 Å². The van der Waals surface area contributed by atoms with Gasteiger partial charge in [0.15, 0.2) is 0 Å². The average molecular weight is 606 g/mol. The van der Waals surface area contributed by atoms with Gasteiger partial charge in [-0.1, -0.05) is 78.9 Å². The average Bonchev–Trinajstić information content (AvgIpc) is 3.67. The summed E-state index contributed by atoms with van der Waals surface area (Å²) in [7, 11) is 1.25. The number of amides is 2. The first-order valence-corrected chi connectivity index (χ1v) is 14.2. The molecule has 0 aliphatic heterocycles. The minimum absolute atomic E-state index is 0.0979. The van der Waals surface area contributed by atoms with Gasteiger partial charge in [-0.05, 0) is 44.6 Å². The molecule has 0 unspecified atom stereocenters. The topological polar surface area (TPSA) is 133 Å². The molecule has 0 saturated carbocycles. The van der Waals surface area contributed by atoms with Gasteiger partial charge >= 0.3 is 24.0 Å². The zero-order valence-electron chi connectivity index (χ0n) is 24.2. The molecule has 11 heteroatoms. The standard InChI is InChI=1S/C34H28N4O7/c1-42-32(39)30(35-33(40)43-21-29-27-13-7-5-11-25(27)26-12-6-8-14-28(26)29)19-22-15-17-24(18-16-22)44-34(41)36-31-20-38(37-45-31)23-9-3-2-4-10-23/h2-18,20,29-30H,19,21H2,1H3,(H-,35,36,37,40,41)/p+1/t30-/m0/s1. The normalized spacial score (nSPS) is 12.4. The van der Waals surface area contributed by atoms with Crippen LogP contribution in [0.2, 0.25) is 0 Å². The third-order valence-corrected chi connectivity index (χ3v) is 7.41. The number of anilines is 1. The second-order valence-electron chi connectivity index (χ2n) is 10.3. The first-order valence-electron chi connectivity index (χ1n) is 14.2. The Kier molecular flexibility index (Phi) is 8.49. The Morgan fingerprint density at radius 3 is 2.16 bits per heavy atom. The van der Waals surface area contributed by atoms with Crippen LogP contribution in [0.1, 0.15) is 22.6 Å². The molecule has 0 saturated heterocycles. The predicted molar refractivity (Wildman–Crippen MR) is 162 cm³/mol. The Morgan fingerprint density at radius 1 is 0.844 bits per heavy atom. The van der Waals surface area contributed by atoms with Crippen molar-refractivity contribution in [1.82, 2.24) is 10.6 Å². The zero-order valence-corrected chi connectivity index (χ0v) is 24.2. The number of ether oxygens (including phenoxy) is 3. The number of para-hydroxylation sites is 1. The SMILES string of the molecule is COC(=O)[C@H](Cc1ccc(OC(=O)Nc2c[n+](-c3ccccc3)no2)cc1)NC(=O)OCC1c2ccccc2-c2ccccc21. The highest BCUT2D eigenvalue weighted by molar-refractivity contribution is 5.84. The highest BCUT2D eigenvalue weighted by Gasteiger charge is 2.30. The number of hydrogen-bond acceptors (Lipinski definition) is 8. The molecule has 0 radical (unpaired) electrons. The van der Waals surface area contributed by atoms with Crippen LogP contribution in [0.25, 0.3) is 16.8 Å². The van der Waals surface area contributed by atoms with Gasteiger partial charge in [0.2, 0.25) is 11.0 Å². The van der Waals surface area contributed by atoms with Crippen LogP contribution in [-0.4, -0.2) is 43.2 Å². The Bertz CT molecular complexity index is 1780. The molecule has 226 valence electrons. The molecule has 1 aliphatic rings. The number of carbonyl (C=O) groups excluding carboxylic acids is 3. The monoisotopic (exact) mass is 605 g/mol. The van der Waals surface area contributed by atoms with E-state index in [-0.39, 0.29) is 30.6 Å². The Hall–Kier alpha value is -5.97. The lowest BCUT2D eigenvalue weighted by Crippen LogP contribution is -2.43. The Morgan fingerprint density at radius 2 is 1.49 bits per heavy atom. The van der Waals surface area contributed by atoms with Gasteiger partial charge in [-0.2, -0.15) is 0 Å². The van der Waals surface area contributed by atoms with Gasteiger partial charge in [0.05, 0.1) is 7.11 Å². The van der Waals surface area contributed by atoms with Crippen molar-refractivity contribution in [1.29, 1.82) is 0 Å². The molecule has 1 aromatic heterocycles. The van der Waals surface area contributed by atoms with Gasteiger partial charge in [-0.25, -0.2) is 14.4 Å². The van der Waals surface area contributed by atoms with Crippen LogP contribution in [0.4, 0.5) is 15.5 Å². The molecule has 0 bridgehead atoms. The first kappa shape index (κ1) is 29.1. The van der Waals surface area contributed by atoms with E-state index in [1.807, 2.05) is 66.7 Å². The van der Waals surface area contributed by atoms with Gasteiger partial charge in [-0.3, -0.25) is 9.84 Å². The number of fused-ring (bicyclic) bond motifs is 3. The minimum atomic E-state index is -0.997. The van der Waals surface area contributed by atoms with E-state index >= 15 is 0 Å². The summed E-state index contributed by atoms with van der Waals surface area (Å²) in [5.74, 6) is -0.382. The summed E-state index contributed by atoms with van der Waals surface area (Å²) in [6, 6.07) is 30.8. The number of esters is 1. The van der Waals surface area contributed by atoms with Crippen LogP contribution in [0.3, 0.4) is 0 Å². The number of carbonyl (C=O) groups is 3. The smallest absolute Gasteiger partial charge is 0.419 e. The van der Waals surface area contributed by atoms with Crippen molar-refractivity contribution in [2.75, 3.05) is 19.0 Å². The maximum Gasteiger partial charge on any atom is 0.419 e. The number of nitrogens with one attached hydrogen (secondary N) is 2. The number of benzene rings is 4. The number of rotatable bonds is 9. The molecule has 0 spiro atoms. The lowest BCUT2D eigenvalue weighted by molar-refractivity contribution is -0.670. The molecule has 2 N–H and O–H groups in total. The number of nitrogens with zero attached hydrogens (tertiary/aromatic N) is 2. The van der Waals surface area contributed by atoms with Crippen LogP contribution in [0.15, 0.2) is 114 Å². The predicted octanol–water partition coefficient (Wildman–Crippen LogP) is 5.19. The largest absolute Gasteiger partial charge is 0.467 e. The molecule has 45 heavy (non-hydrogen) atoms. The van der Waals surface area contributed by atoms with Crippen LogP contribution >= 0.6 is 0 Å². The molecule has 11 nitrogen and oxygen atoms in total. The fourth-order valence-corrected chi connectivity index (χ4v) is 5.28. The van der Waals surface area contributed by atoms with E-state index in [2.05, 4.69) is 28.0 Å². The molecule has 0 fully saturated rings. The summed E-state index contributed by atoms with van der Waals surface area (Å²) in [5, 5.41) is 8.98. The van der Waals surface area contributed by atoms with Crippen LogP contribution < -0.4 is 20.1 Å². The van der Waals surface area contributed by atoms with E-state index in [0.29, 0.717) is 5.56 Å².